The third kappa shape index (κ3) is 2.07. The summed E-state index contributed by atoms with van der Waals surface area (Å²) in [5, 5.41) is 10.4. The van der Waals surface area contributed by atoms with Crippen LogP contribution in [0.4, 0.5) is 4.39 Å². The Morgan fingerprint density at radius 2 is 1.95 bits per heavy atom. The lowest BCUT2D eigenvalue weighted by Crippen LogP contribution is -2.05. The number of methoxy groups -OCH3 is 2. The van der Waals surface area contributed by atoms with Crippen LogP contribution in [0.3, 0.4) is 0 Å². The van der Waals surface area contributed by atoms with Crippen LogP contribution in [0.1, 0.15) is 15.9 Å². The van der Waals surface area contributed by atoms with Gasteiger partial charge in [0.05, 0.1) is 19.8 Å². The van der Waals surface area contributed by atoms with Gasteiger partial charge in [-0.1, -0.05) is 0 Å². The summed E-state index contributed by atoms with van der Waals surface area (Å²) in [7, 11) is 2.64. The Bertz CT molecular complexity index is 664. The van der Waals surface area contributed by atoms with E-state index in [1.165, 1.54) is 32.4 Å². The van der Waals surface area contributed by atoms with E-state index in [-0.39, 0.29) is 16.7 Å². The van der Waals surface area contributed by atoms with Crippen molar-refractivity contribution < 1.29 is 23.8 Å². The smallest absolute Gasteiger partial charge is 0.338 e. The molecule has 2 aromatic rings. The van der Waals surface area contributed by atoms with Gasteiger partial charge in [-0.25, -0.2) is 9.18 Å². The van der Waals surface area contributed by atoms with Crippen LogP contribution in [-0.2, 0) is 4.74 Å². The van der Waals surface area contributed by atoms with Crippen LogP contribution >= 0.6 is 0 Å². The van der Waals surface area contributed by atoms with Crippen molar-refractivity contribution in [2.24, 2.45) is 0 Å². The number of hydrogen-bond acceptors (Lipinski definition) is 4. The van der Waals surface area contributed by atoms with E-state index in [0.29, 0.717) is 16.7 Å². The Morgan fingerprint density at radius 3 is 2.53 bits per heavy atom. The van der Waals surface area contributed by atoms with Crippen molar-refractivity contribution in [3.63, 3.8) is 0 Å². The number of ether oxygens (including phenoxy) is 2. The molecule has 0 aliphatic rings. The topological polar surface area (TPSA) is 55.8 Å². The lowest BCUT2D eigenvalue weighted by Gasteiger charge is -2.12. The molecule has 0 unspecified atom stereocenters. The van der Waals surface area contributed by atoms with E-state index in [1.54, 1.807) is 6.92 Å². The SMILES string of the molecule is COC(=O)c1cc(O)c2cc(OC)cc(F)c2c1C. The molecule has 0 fully saturated rings. The fraction of sp³-hybridized carbons (Fsp3) is 0.214. The number of aryl methyl sites for hydroxylation is 1. The highest BCUT2D eigenvalue weighted by Gasteiger charge is 2.18. The molecule has 0 amide bonds. The van der Waals surface area contributed by atoms with Gasteiger partial charge in [0.15, 0.2) is 0 Å². The van der Waals surface area contributed by atoms with Gasteiger partial charge in [-0.05, 0) is 24.6 Å². The van der Waals surface area contributed by atoms with Gasteiger partial charge in [-0.15, -0.1) is 0 Å². The Labute approximate surface area is 109 Å². The minimum atomic E-state index is -0.620. The van der Waals surface area contributed by atoms with Gasteiger partial charge in [-0.2, -0.15) is 0 Å². The maximum absolute atomic E-state index is 14.1. The molecule has 0 saturated carbocycles. The predicted octanol–water partition coefficient (Wildman–Crippen LogP) is 2.79. The van der Waals surface area contributed by atoms with Gasteiger partial charge in [0.2, 0.25) is 0 Å². The second-order valence-corrected chi connectivity index (χ2v) is 4.09. The highest BCUT2D eigenvalue weighted by molar-refractivity contribution is 6.01. The van der Waals surface area contributed by atoms with Crippen LogP contribution < -0.4 is 4.74 Å². The summed E-state index contributed by atoms with van der Waals surface area (Å²) in [6.45, 7) is 1.60. The number of phenols is 1. The summed E-state index contributed by atoms with van der Waals surface area (Å²) in [4.78, 5) is 11.6. The summed E-state index contributed by atoms with van der Waals surface area (Å²) in [5.41, 5.74) is 0.552. The van der Waals surface area contributed by atoms with E-state index < -0.39 is 11.8 Å². The van der Waals surface area contributed by atoms with Crippen molar-refractivity contribution in [3.05, 3.63) is 35.1 Å². The Hall–Kier alpha value is -2.30. The molecular weight excluding hydrogens is 251 g/mol. The van der Waals surface area contributed by atoms with E-state index in [9.17, 15) is 14.3 Å². The number of esters is 1. The molecule has 0 aromatic heterocycles. The number of phenolic OH excluding ortho intramolecular Hbond substituents is 1. The average Bonchev–Trinajstić information content (AvgIpc) is 2.41. The number of halogens is 1. The van der Waals surface area contributed by atoms with Gasteiger partial charge in [0.1, 0.15) is 17.3 Å². The summed E-state index contributed by atoms with van der Waals surface area (Å²) in [5.74, 6) is -1.08. The molecule has 1 N–H and O–H groups in total. The molecule has 0 spiro atoms. The van der Waals surface area contributed by atoms with E-state index in [2.05, 4.69) is 4.74 Å². The minimum Gasteiger partial charge on any atom is -0.507 e. The van der Waals surface area contributed by atoms with Crippen LogP contribution in [-0.4, -0.2) is 25.3 Å². The molecular formula is C14H13FO4. The second-order valence-electron chi connectivity index (χ2n) is 4.09. The van der Waals surface area contributed by atoms with Crippen molar-refractivity contribution in [1.29, 1.82) is 0 Å². The van der Waals surface area contributed by atoms with Gasteiger partial charge >= 0.3 is 5.97 Å². The molecule has 0 aliphatic heterocycles. The first-order chi connectivity index (χ1) is 8.99. The van der Waals surface area contributed by atoms with Crippen molar-refractivity contribution in [2.45, 2.75) is 6.92 Å². The van der Waals surface area contributed by atoms with Crippen molar-refractivity contribution >= 4 is 16.7 Å². The number of fused-ring (bicyclic) bond motifs is 1. The number of benzene rings is 2. The Morgan fingerprint density at radius 1 is 1.26 bits per heavy atom. The van der Waals surface area contributed by atoms with E-state index in [4.69, 9.17) is 4.74 Å². The van der Waals surface area contributed by atoms with E-state index in [0.717, 1.165) is 0 Å². The molecule has 4 nitrogen and oxygen atoms in total. The molecule has 5 heteroatoms. The first kappa shape index (κ1) is 13.1. The van der Waals surface area contributed by atoms with Crippen molar-refractivity contribution in [3.8, 4) is 11.5 Å². The molecule has 0 heterocycles. The van der Waals surface area contributed by atoms with E-state index >= 15 is 0 Å². The highest BCUT2D eigenvalue weighted by atomic mass is 19.1. The van der Waals surface area contributed by atoms with Gasteiger partial charge in [0, 0.05) is 16.8 Å². The first-order valence-electron chi connectivity index (χ1n) is 5.57. The molecule has 100 valence electrons. The molecule has 19 heavy (non-hydrogen) atoms. The van der Waals surface area contributed by atoms with Gasteiger partial charge in [0.25, 0.3) is 0 Å². The normalized spacial score (nSPS) is 10.5. The van der Waals surface area contributed by atoms with Crippen LogP contribution in [0.2, 0.25) is 0 Å². The molecule has 0 atom stereocenters. The zero-order chi connectivity index (χ0) is 14.2. The first-order valence-corrected chi connectivity index (χ1v) is 5.57. The van der Waals surface area contributed by atoms with Crippen LogP contribution in [0, 0.1) is 12.7 Å². The van der Waals surface area contributed by atoms with Gasteiger partial charge < -0.3 is 14.6 Å². The fourth-order valence-electron chi connectivity index (χ4n) is 2.06. The predicted molar refractivity (Wildman–Crippen MR) is 68.2 cm³/mol. The third-order valence-electron chi connectivity index (χ3n) is 3.04. The molecule has 0 bridgehead atoms. The van der Waals surface area contributed by atoms with Crippen molar-refractivity contribution in [1.82, 2.24) is 0 Å². The Kier molecular flexibility index (Phi) is 3.29. The van der Waals surface area contributed by atoms with Gasteiger partial charge in [-0.3, -0.25) is 0 Å². The maximum atomic E-state index is 14.1. The number of hydrogen-bond donors (Lipinski definition) is 1. The lowest BCUT2D eigenvalue weighted by molar-refractivity contribution is 0.0599. The third-order valence-corrected chi connectivity index (χ3v) is 3.04. The standard InChI is InChI=1S/C14H13FO4/c1-7-9(14(17)19-3)6-12(16)10-4-8(18-2)5-11(15)13(7)10/h4-6,16H,1-3H3. The summed E-state index contributed by atoms with van der Waals surface area (Å²) in [6.07, 6.45) is 0. The van der Waals surface area contributed by atoms with Crippen LogP contribution in [0.15, 0.2) is 18.2 Å². The average molecular weight is 264 g/mol. The van der Waals surface area contributed by atoms with Crippen LogP contribution in [0.25, 0.3) is 10.8 Å². The summed E-state index contributed by atoms with van der Waals surface area (Å²) in [6, 6.07) is 3.99. The maximum Gasteiger partial charge on any atom is 0.338 e. The zero-order valence-electron chi connectivity index (χ0n) is 10.8. The van der Waals surface area contributed by atoms with E-state index in [1.807, 2.05) is 0 Å². The molecule has 0 saturated heterocycles. The number of carbonyl (C=O) groups is 1. The molecule has 2 rings (SSSR count). The van der Waals surface area contributed by atoms with Crippen LogP contribution in [0.5, 0.6) is 11.5 Å². The lowest BCUT2D eigenvalue weighted by atomic mass is 9.98. The fourth-order valence-corrected chi connectivity index (χ4v) is 2.06. The summed E-state index contributed by atoms with van der Waals surface area (Å²) < 4.78 is 23.6. The molecule has 2 aromatic carbocycles. The number of rotatable bonds is 2. The van der Waals surface area contributed by atoms with Crippen molar-refractivity contribution in [2.75, 3.05) is 14.2 Å². The monoisotopic (exact) mass is 264 g/mol. The largest absolute Gasteiger partial charge is 0.507 e. The Balaban J connectivity index is 2.86. The highest BCUT2D eigenvalue weighted by Crippen LogP contribution is 2.35. The minimum absolute atomic E-state index is 0.136. The zero-order valence-corrected chi connectivity index (χ0v) is 10.8. The quantitative estimate of drug-likeness (QED) is 0.847. The summed E-state index contributed by atoms with van der Waals surface area (Å²) >= 11 is 0. The number of aromatic hydroxyl groups is 1. The second kappa shape index (κ2) is 4.76. The number of carbonyl (C=O) groups excluding carboxylic acids is 1. The molecule has 0 radical (unpaired) electrons. The molecule has 0 aliphatic carbocycles.